The van der Waals surface area contributed by atoms with Gasteiger partial charge in [0.1, 0.15) is 6.33 Å². The maximum atomic E-state index is 5.53. The van der Waals surface area contributed by atoms with Crippen LogP contribution in [0.4, 0.5) is 0 Å². The summed E-state index contributed by atoms with van der Waals surface area (Å²) in [5.41, 5.74) is 7.46. The first-order valence-electron chi connectivity index (χ1n) is 4.29. The van der Waals surface area contributed by atoms with Gasteiger partial charge in [-0.15, -0.1) is 10.2 Å². The molecule has 0 aliphatic heterocycles. The van der Waals surface area contributed by atoms with E-state index in [9.17, 15) is 0 Å². The number of aromatic nitrogens is 4. The molecule has 2 rings (SSSR count). The van der Waals surface area contributed by atoms with Crippen molar-refractivity contribution >= 4 is 0 Å². The van der Waals surface area contributed by atoms with Crippen molar-refractivity contribution in [3.8, 4) is 11.4 Å². The lowest BCUT2D eigenvalue weighted by atomic mass is 10.2. The van der Waals surface area contributed by atoms with Crippen LogP contribution in [-0.2, 0) is 13.6 Å². The summed E-state index contributed by atoms with van der Waals surface area (Å²) >= 11 is 0. The van der Waals surface area contributed by atoms with Gasteiger partial charge in [0.15, 0.2) is 5.82 Å². The molecule has 0 fully saturated rings. The van der Waals surface area contributed by atoms with Gasteiger partial charge in [0.25, 0.3) is 0 Å². The lowest BCUT2D eigenvalue weighted by molar-refractivity contribution is 0.917. The number of nitrogens with two attached hydrogens (primary N) is 1. The van der Waals surface area contributed by atoms with E-state index in [0.717, 1.165) is 17.0 Å². The topological polar surface area (TPSA) is 69.6 Å². The van der Waals surface area contributed by atoms with Crippen LogP contribution in [0, 0.1) is 0 Å². The second-order valence-corrected chi connectivity index (χ2v) is 3.05. The van der Waals surface area contributed by atoms with Gasteiger partial charge in [0.2, 0.25) is 0 Å². The van der Waals surface area contributed by atoms with Gasteiger partial charge in [0.05, 0.1) is 0 Å². The van der Waals surface area contributed by atoms with Gasteiger partial charge in [-0.25, -0.2) is 0 Å². The zero-order chi connectivity index (χ0) is 9.97. The average molecular weight is 189 g/mol. The number of nitrogens with zero attached hydrogens (tertiary/aromatic N) is 4. The predicted molar refractivity (Wildman–Crippen MR) is 52.1 cm³/mol. The van der Waals surface area contributed by atoms with E-state index in [0.29, 0.717) is 6.54 Å². The fourth-order valence-corrected chi connectivity index (χ4v) is 1.27. The van der Waals surface area contributed by atoms with Crippen molar-refractivity contribution in [2.45, 2.75) is 6.54 Å². The van der Waals surface area contributed by atoms with Gasteiger partial charge in [-0.1, -0.05) is 0 Å². The molecule has 14 heavy (non-hydrogen) atoms. The Morgan fingerprint density at radius 3 is 2.93 bits per heavy atom. The summed E-state index contributed by atoms with van der Waals surface area (Å²) in [6, 6.07) is 1.97. The van der Waals surface area contributed by atoms with E-state index in [4.69, 9.17) is 5.73 Å². The highest BCUT2D eigenvalue weighted by Gasteiger charge is 2.04. The summed E-state index contributed by atoms with van der Waals surface area (Å²) in [6.07, 6.45) is 5.16. The quantitative estimate of drug-likeness (QED) is 0.739. The fraction of sp³-hybridized carbons (Fsp3) is 0.222. The summed E-state index contributed by atoms with van der Waals surface area (Å²) in [5.74, 6) is 0.799. The smallest absolute Gasteiger partial charge is 0.165 e. The van der Waals surface area contributed by atoms with E-state index in [1.165, 1.54) is 0 Å². The van der Waals surface area contributed by atoms with E-state index in [1.54, 1.807) is 18.7 Å². The van der Waals surface area contributed by atoms with Crippen LogP contribution in [0.15, 0.2) is 24.8 Å². The predicted octanol–water partition coefficient (Wildman–Crippen LogP) is 0.336. The van der Waals surface area contributed by atoms with Crippen LogP contribution >= 0.6 is 0 Å². The van der Waals surface area contributed by atoms with E-state index < -0.39 is 0 Å². The molecule has 0 unspecified atom stereocenters. The Bertz CT molecular complexity index is 434. The summed E-state index contributed by atoms with van der Waals surface area (Å²) in [5, 5.41) is 7.80. The minimum absolute atomic E-state index is 0.485. The standard InChI is InChI=1S/C9H11N5/c1-14-6-12-13-9(14)8-2-7(3-10)4-11-5-8/h2,4-6H,3,10H2,1H3. The molecular weight excluding hydrogens is 178 g/mol. The first-order chi connectivity index (χ1) is 6.81. The Morgan fingerprint density at radius 2 is 2.29 bits per heavy atom. The minimum Gasteiger partial charge on any atom is -0.326 e. The van der Waals surface area contributed by atoms with Gasteiger partial charge in [-0.3, -0.25) is 4.98 Å². The zero-order valence-electron chi connectivity index (χ0n) is 7.88. The Labute approximate surface area is 81.6 Å². The van der Waals surface area contributed by atoms with Crippen molar-refractivity contribution in [2.75, 3.05) is 0 Å². The van der Waals surface area contributed by atoms with Crippen LogP contribution in [0.25, 0.3) is 11.4 Å². The third kappa shape index (κ3) is 1.49. The van der Waals surface area contributed by atoms with Crippen LogP contribution in [0.2, 0.25) is 0 Å². The minimum atomic E-state index is 0.485. The number of rotatable bonds is 2. The van der Waals surface area contributed by atoms with Crippen LogP contribution in [0.5, 0.6) is 0 Å². The van der Waals surface area contributed by atoms with Gasteiger partial charge in [-0.05, 0) is 11.6 Å². The molecule has 0 atom stereocenters. The van der Waals surface area contributed by atoms with E-state index in [1.807, 2.05) is 17.7 Å². The molecule has 72 valence electrons. The summed E-state index contributed by atoms with van der Waals surface area (Å²) in [6.45, 7) is 0.485. The summed E-state index contributed by atoms with van der Waals surface area (Å²) in [7, 11) is 1.89. The van der Waals surface area contributed by atoms with Crippen molar-refractivity contribution in [2.24, 2.45) is 12.8 Å². The SMILES string of the molecule is Cn1cnnc1-c1cncc(CN)c1. The highest BCUT2D eigenvalue weighted by atomic mass is 15.2. The van der Waals surface area contributed by atoms with Crippen molar-refractivity contribution in [1.29, 1.82) is 0 Å². The summed E-state index contributed by atoms with van der Waals surface area (Å²) < 4.78 is 1.84. The van der Waals surface area contributed by atoms with E-state index in [2.05, 4.69) is 15.2 Å². The van der Waals surface area contributed by atoms with Crippen molar-refractivity contribution in [1.82, 2.24) is 19.7 Å². The molecule has 0 radical (unpaired) electrons. The van der Waals surface area contributed by atoms with E-state index >= 15 is 0 Å². The molecule has 2 aromatic rings. The molecule has 0 aromatic carbocycles. The molecular formula is C9H11N5. The molecule has 0 aliphatic rings. The monoisotopic (exact) mass is 189 g/mol. The largest absolute Gasteiger partial charge is 0.326 e. The highest BCUT2D eigenvalue weighted by Crippen LogP contribution is 2.15. The van der Waals surface area contributed by atoms with Crippen molar-refractivity contribution in [3.63, 3.8) is 0 Å². The number of aryl methyl sites for hydroxylation is 1. The summed E-state index contributed by atoms with van der Waals surface area (Å²) in [4.78, 5) is 4.09. The molecule has 2 heterocycles. The number of pyridine rings is 1. The second-order valence-electron chi connectivity index (χ2n) is 3.05. The van der Waals surface area contributed by atoms with Crippen LogP contribution < -0.4 is 5.73 Å². The molecule has 0 saturated carbocycles. The highest BCUT2D eigenvalue weighted by molar-refractivity contribution is 5.54. The molecule has 0 amide bonds. The first kappa shape index (κ1) is 8.83. The first-order valence-corrected chi connectivity index (χ1v) is 4.29. The molecule has 2 N–H and O–H groups in total. The molecule has 0 spiro atoms. The normalized spacial score (nSPS) is 10.4. The third-order valence-corrected chi connectivity index (χ3v) is 2.00. The second kappa shape index (κ2) is 3.55. The van der Waals surface area contributed by atoms with Gasteiger partial charge < -0.3 is 10.3 Å². The Hall–Kier alpha value is -1.75. The van der Waals surface area contributed by atoms with Gasteiger partial charge in [0, 0.05) is 31.5 Å². The fourth-order valence-electron chi connectivity index (χ4n) is 1.27. The van der Waals surface area contributed by atoms with Crippen molar-refractivity contribution in [3.05, 3.63) is 30.4 Å². The van der Waals surface area contributed by atoms with Crippen molar-refractivity contribution < 1.29 is 0 Å². The number of hydrogen-bond acceptors (Lipinski definition) is 4. The number of hydrogen-bond donors (Lipinski definition) is 1. The Balaban J connectivity index is 2.47. The Morgan fingerprint density at radius 1 is 1.43 bits per heavy atom. The molecule has 0 saturated heterocycles. The van der Waals surface area contributed by atoms with Crippen LogP contribution in [0.1, 0.15) is 5.56 Å². The third-order valence-electron chi connectivity index (χ3n) is 2.00. The molecule has 0 aliphatic carbocycles. The van der Waals surface area contributed by atoms with Crippen LogP contribution in [-0.4, -0.2) is 19.7 Å². The van der Waals surface area contributed by atoms with Crippen LogP contribution in [0.3, 0.4) is 0 Å². The zero-order valence-corrected chi connectivity index (χ0v) is 7.88. The molecule has 5 nitrogen and oxygen atoms in total. The molecule has 0 bridgehead atoms. The van der Waals surface area contributed by atoms with Gasteiger partial charge >= 0.3 is 0 Å². The maximum absolute atomic E-state index is 5.53. The lowest BCUT2D eigenvalue weighted by Crippen LogP contribution is -1.98. The van der Waals surface area contributed by atoms with E-state index in [-0.39, 0.29) is 0 Å². The lowest BCUT2D eigenvalue weighted by Gasteiger charge is -2.01. The molecule has 2 aromatic heterocycles. The average Bonchev–Trinajstić information content (AvgIpc) is 2.65. The maximum Gasteiger partial charge on any atom is 0.165 e. The van der Waals surface area contributed by atoms with Gasteiger partial charge in [-0.2, -0.15) is 0 Å². The Kier molecular flexibility index (Phi) is 2.24. The molecule has 5 heteroatoms.